The summed E-state index contributed by atoms with van der Waals surface area (Å²) in [6.45, 7) is 4.42. The normalized spacial score (nSPS) is 22.7. The third-order valence-corrected chi connectivity index (χ3v) is 12.4. The summed E-state index contributed by atoms with van der Waals surface area (Å²) in [5.74, 6) is 0. The van der Waals surface area contributed by atoms with E-state index in [9.17, 15) is 0 Å². The topological polar surface area (TPSA) is 0 Å². The Labute approximate surface area is 245 Å². The molecule has 0 aliphatic heterocycles. The van der Waals surface area contributed by atoms with Crippen molar-refractivity contribution in [1.29, 1.82) is 0 Å². The zero-order valence-electron chi connectivity index (χ0n) is 20.4. The zero-order valence-corrected chi connectivity index (χ0v) is 25.7. The molecule has 4 heteroatoms. The molecular formula is C32H26Cl2SiZr. The Bertz CT molecular complexity index is 1390. The average Bonchev–Trinajstić information content (AvgIpc) is 3.25. The summed E-state index contributed by atoms with van der Waals surface area (Å²) < 4.78 is -1.16. The number of hydrogen-bond donors (Lipinski definition) is 0. The molecule has 2 unspecified atom stereocenters. The number of fused-ring (bicyclic) bond motifs is 2. The Morgan fingerprint density at radius 1 is 0.500 bits per heavy atom. The van der Waals surface area contributed by atoms with Crippen LogP contribution in [-0.4, -0.2) is 9.52 Å². The smallest absolute Gasteiger partial charge is 0.0923 e. The van der Waals surface area contributed by atoms with Crippen LogP contribution < -0.4 is 0 Å². The molecule has 0 saturated carbocycles. The molecule has 0 amide bonds. The van der Waals surface area contributed by atoms with Crippen LogP contribution in [-0.2, 0) is 35.2 Å². The van der Waals surface area contributed by atoms with Crippen LogP contribution in [0.15, 0.2) is 120 Å². The monoisotopic (exact) mass is 598 g/mol. The Morgan fingerprint density at radius 3 is 1.22 bits per heavy atom. The molecule has 0 radical (unpaired) electrons. The molecule has 4 aromatic carbocycles. The van der Waals surface area contributed by atoms with Crippen molar-refractivity contribution < 1.29 is 26.2 Å². The first-order chi connectivity index (χ1) is 16.9. The molecule has 2 aliphatic rings. The predicted octanol–water partition coefficient (Wildman–Crippen LogP) is 8.01. The van der Waals surface area contributed by atoms with E-state index in [0.29, 0.717) is 0 Å². The SMILES string of the molecule is CC1=C(c2ccccc2)c2ccccc2C1(Cl)[SiH2]C1(Cl)C(C)=C(c2ccccc2)c2ccccc21.[Zr]. The molecule has 0 fully saturated rings. The maximum absolute atomic E-state index is 7.79. The van der Waals surface area contributed by atoms with Gasteiger partial charge in [-0.25, -0.2) is 0 Å². The van der Waals surface area contributed by atoms with Crippen LogP contribution in [0.2, 0.25) is 0 Å². The van der Waals surface area contributed by atoms with E-state index in [4.69, 9.17) is 23.2 Å². The quantitative estimate of drug-likeness (QED) is 0.165. The maximum atomic E-state index is 7.79. The second kappa shape index (κ2) is 9.73. The molecule has 0 nitrogen and oxygen atoms in total. The summed E-state index contributed by atoms with van der Waals surface area (Å²) >= 11 is 15.6. The fourth-order valence-electron chi connectivity index (χ4n) is 6.04. The van der Waals surface area contributed by atoms with E-state index in [0.717, 1.165) is 0 Å². The fourth-order valence-corrected chi connectivity index (χ4v) is 10.5. The van der Waals surface area contributed by atoms with Gasteiger partial charge in [0.05, 0.1) is 18.5 Å². The van der Waals surface area contributed by atoms with Crippen molar-refractivity contribution in [2.45, 2.75) is 22.8 Å². The molecular weight excluding hydrogens is 575 g/mol. The van der Waals surface area contributed by atoms with Crippen LogP contribution in [0.1, 0.15) is 47.2 Å². The van der Waals surface area contributed by atoms with Gasteiger partial charge in [0.2, 0.25) is 0 Å². The molecule has 0 spiro atoms. The molecule has 4 aromatic rings. The van der Waals surface area contributed by atoms with Gasteiger partial charge in [-0.2, -0.15) is 0 Å². The van der Waals surface area contributed by atoms with E-state index in [1.807, 2.05) is 0 Å². The molecule has 0 bridgehead atoms. The number of halogens is 2. The van der Waals surface area contributed by atoms with Gasteiger partial charge in [0.25, 0.3) is 0 Å². The molecule has 2 atom stereocenters. The van der Waals surface area contributed by atoms with Gasteiger partial charge in [0.15, 0.2) is 0 Å². The Morgan fingerprint density at radius 2 is 0.833 bits per heavy atom. The van der Waals surface area contributed by atoms with Gasteiger partial charge in [0.1, 0.15) is 0 Å². The summed E-state index contributed by atoms with van der Waals surface area (Å²) in [4.78, 5) is 0. The van der Waals surface area contributed by atoms with Crippen LogP contribution in [0, 0.1) is 0 Å². The van der Waals surface area contributed by atoms with Gasteiger partial charge in [-0.05, 0) is 69.5 Å². The first kappa shape index (κ1) is 25.7. The van der Waals surface area contributed by atoms with Crippen LogP contribution >= 0.6 is 23.2 Å². The summed E-state index contributed by atoms with van der Waals surface area (Å²) in [7, 11) is -1.20. The first-order valence-electron chi connectivity index (χ1n) is 12.1. The minimum atomic E-state index is -1.20. The van der Waals surface area contributed by atoms with Crippen molar-refractivity contribution in [2.24, 2.45) is 0 Å². The largest absolute Gasteiger partial charge is 0.114 e. The van der Waals surface area contributed by atoms with Gasteiger partial charge in [0, 0.05) is 26.2 Å². The summed E-state index contributed by atoms with van der Waals surface area (Å²) in [6.07, 6.45) is 0. The van der Waals surface area contributed by atoms with Crippen molar-refractivity contribution in [3.05, 3.63) is 154 Å². The van der Waals surface area contributed by atoms with E-state index in [-0.39, 0.29) is 26.2 Å². The van der Waals surface area contributed by atoms with E-state index >= 15 is 0 Å². The molecule has 36 heavy (non-hydrogen) atoms. The molecule has 0 N–H and O–H groups in total. The van der Waals surface area contributed by atoms with Crippen molar-refractivity contribution >= 4 is 43.9 Å². The molecule has 176 valence electrons. The van der Waals surface area contributed by atoms with E-state index in [1.54, 1.807) is 0 Å². The van der Waals surface area contributed by atoms with Crippen LogP contribution in [0.3, 0.4) is 0 Å². The van der Waals surface area contributed by atoms with Gasteiger partial charge in [-0.15, -0.1) is 23.2 Å². The summed E-state index contributed by atoms with van der Waals surface area (Å²) in [5.41, 5.74) is 12.2. The number of allylic oxidation sites excluding steroid dienone is 2. The third kappa shape index (κ3) is 3.81. The predicted molar refractivity (Wildman–Crippen MR) is 153 cm³/mol. The van der Waals surface area contributed by atoms with Crippen molar-refractivity contribution in [2.75, 3.05) is 0 Å². The Balaban J connectivity index is 0.00000267. The van der Waals surface area contributed by atoms with Gasteiger partial charge in [-0.1, -0.05) is 109 Å². The second-order valence-electron chi connectivity index (χ2n) is 9.60. The third-order valence-electron chi connectivity index (χ3n) is 7.80. The minimum Gasteiger partial charge on any atom is -0.114 e. The minimum absolute atomic E-state index is 0. The van der Waals surface area contributed by atoms with Gasteiger partial charge < -0.3 is 0 Å². The number of hydrogen-bond acceptors (Lipinski definition) is 0. The number of rotatable bonds is 4. The van der Waals surface area contributed by atoms with Crippen LogP contribution in [0.25, 0.3) is 11.1 Å². The molecule has 6 rings (SSSR count). The summed E-state index contributed by atoms with van der Waals surface area (Å²) in [5, 5.41) is 0. The van der Waals surface area contributed by atoms with Gasteiger partial charge in [-0.3, -0.25) is 0 Å². The average molecular weight is 601 g/mol. The molecule has 2 aliphatic carbocycles. The van der Waals surface area contributed by atoms with Crippen molar-refractivity contribution in [3.8, 4) is 0 Å². The van der Waals surface area contributed by atoms with E-state index < -0.39 is 18.5 Å². The molecule has 0 aromatic heterocycles. The maximum Gasteiger partial charge on any atom is 0.0923 e. The van der Waals surface area contributed by atoms with E-state index in [1.165, 1.54) is 55.7 Å². The van der Waals surface area contributed by atoms with Crippen molar-refractivity contribution in [1.82, 2.24) is 0 Å². The number of alkyl halides is 2. The molecule has 0 heterocycles. The second-order valence-corrected chi connectivity index (χ2v) is 14.3. The first-order valence-corrected chi connectivity index (χ1v) is 14.2. The Hall–Kier alpha value is -1.96. The standard InChI is InChI=1S/C32H26Cl2Si.Zr/c1-21-29(23-13-5-3-6-14-23)25-17-9-11-19-27(25)31(21,33)35-32(34)22(2)30(24-15-7-4-8-16-24)26-18-10-12-20-28(26)32;/h3-20H,35H2,1-2H3;. The molecule has 0 saturated heterocycles. The summed E-state index contributed by atoms with van der Waals surface area (Å²) in [6, 6.07) is 38.5. The van der Waals surface area contributed by atoms with Gasteiger partial charge >= 0.3 is 0 Å². The van der Waals surface area contributed by atoms with Crippen LogP contribution in [0.4, 0.5) is 0 Å². The fraction of sp³-hybridized carbons (Fsp3) is 0.125. The Kier molecular flexibility index (Phi) is 6.94. The van der Waals surface area contributed by atoms with E-state index in [2.05, 4.69) is 123 Å². The van der Waals surface area contributed by atoms with Crippen molar-refractivity contribution in [3.63, 3.8) is 0 Å². The zero-order chi connectivity index (χ0) is 24.2. The van der Waals surface area contributed by atoms with Crippen LogP contribution in [0.5, 0.6) is 0 Å². The number of benzene rings is 4.